The molecule has 0 aromatic carbocycles. The van der Waals surface area contributed by atoms with E-state index in [9.17, 15) is 51.9 Å². The first-order chi connectivity index (χ1) is 35.0. The first-order valence-corrected chi connectivity index (χ1v) is 30.3. The lowest BCUT2D eigenvalue weighted by molar-refractivity contribution is 0.436. The van der Waals surface area contributed by atoms with Gasteiger partial charge in [-0.15, -0.1) is 0 Å². The number of aromatic amines is 2. The van der Waals surface area contributed by atoms with E-state index in [2.05, 4.69) is 9.97 Å². The number of H-pyrrole nitrogens is 2. The van der Waals surface area contributed by atoms with E-state index in [0.717, 1.165) is 0 Å². The van der Waals surface area contributed by atoms with Crippen LogP contribution in [0.1, 0.15) is 152 Å². The predicted molar refractivity (Wildman–Crippen MR) is 300 cm³/mol. The van der Waals surface area contributed by atoms with Crippen molar-refractivity contribution >= 4 is 86.8 Å². The molecule has 8 atom stereocenters. The Balaban J connectivity index is 1.57. The number of fused-ring (bicyclic) bond motifs is 8. The third-order valence-corrected chi connectivity index (χ3v) is 22.1. The molecule has 0 fully saturated rings. The zero-order valence-electron chi connectivity index (χ0n) is 44.1. The normalized spacial score (nSPS) is 29.2. The Morgan fingerprint density at radius 1 is 0.368 bits per heavy atom. The van der Waals surface area contributed by atoms with Crippen LogP contribution >= 0.6 is 0 Å². The highest BCUT2D eigenvalue weighted by molar-refractivity contribution is 7.88. The third kappa shape index (κ3) is 8.50. The fourth-order valence-corrected chi connectivity index (χ4v) is 17.1. The summed E-state index contributed by atoms with van der Waals surface area (Å²) in [5, 5.41) is 0. The molecule has 402 valence electrons. The van der Waals surface area contributed by atoms with Crippen LogP contribution in [-0.2, 0) is 40.5 Å². The molecule has 8 unspecified atom stereocenters. The van der Waals surface area contributed by atoms with Gasteiger partial charge >= 0.3 is 0 Å². The minimum Gasteiger partial charge on any atom is -0.355 e. The van der Waals surface area contributed by atoms with E-state index < -0.39 is 83.1 Å². The van der Waals surface area contributed by atoms with Gasteiger partial charge in [0.05, 0.1) is 22.8 Å². The van der Waals surface area contributed by atoms with Gasteiger partial charge in [0, 0.05) is 68.0 Å². The Morgan fingerprint density at radius 3 is 0.829 bits per heavy atom. The van der Waals surface area contributed by atoms with Crippen molar-refractivity contribution in [3.8, 4) is 0 Å². The summed E-state index contributed by atoms with van der Waals surface area (Å²) < 4.78 is 148. The van der Waals surface area contributed by atoms with Crippen LogP contribution in [-0.4, -0.2) is 90.8 Å². The van der Waals surface area contributed by atoms with Crippen LogP contribution < -0.4 is 0 Å². The molecular formula is C56H62N4O12S4. The molecule has 0 saturated heterocycles. The van der Waals surface area contributed by atoms with E-state index >= 15 is 0 Å². The van der Waals surface area contributed by atoms with Gasteiger partial charge in [-0.1, -0.05) is 93.2 Å². The molecule has 0 amide bonds. The van der Waals surface area contributed by atoms with Crippen molar-refractivity contribution in [1.82, 2.24) is 19.9 Å². The summed E-state index contributed by atoms with van der Waals surface area (Å²) in [7, 11) is -19.7. The zero-order chi connectivity index (χ0) is 56.0. The highest BCUT2D eigenvalue weighted by atomic mass is 32.2. The second-order valence-electron chi connectivity index (χ2n) is 22.1. The summed E-state index contributed by atoms with van der Waals surface area (Å²) >= 11 is 0. The SMILES string of the molecule is CC1=CC(C)(S(=O)(=O)O)C(c2c3nc(c(C4C(C)=CC(C)=CC4(C)S(=O)(=O)O)c4ccc([nH]4)c(C4C(C)=CC(C)=CC4(C)S(=O)(=O)O)c4ccc([nH]4)c(C4C(C)=CC(C)=CC4(C)S(=O)(=O)O)c4nc2C=C4)C=C3)C(C)=C1. The maximum absolute atomic E-state index is 13.9. The molecule has 8 bridgehead atoms. The lowest BCUT2D eigenvalue weighted by Crippen LogP contribution is -2.42. The molecule has 0 radical (unpaired) electrons. The Morgan fingerprint density at radius 2 is 0.579 bits per heavy atom. The van der Waals surface area contributed by atoms with Gasteiger partial charge in [-0.2, -0.15) is 33.7 Å². The maximum atomic E-state index is 13.9. The molecule has 3 aromatic rings. The lowest BCUT2D eigenvalue weighted by Gasteiger charge is -2.37. The van der Waals surface area contributed by atoms with Crippen molar-refractivity contribution < 1.29 is 51.9 Å². The van der Waals surface area contributed by atoms with Gasteiger partial charge in [-0.25, -0.2) is 9.97 Å². The van der Waals surface area contributed by atoms with E-state index in [1.54, 1.807) is 122 Å². The first-order valence-electron chi connectivity index (χ1n) is 24.5. The third-order valence-electron chi connectivity index (χ3n) is 16.3. The first kappa shape index (κ1) is 54.9. The molecule has 16 nitrogen and oxygen atoms in total. The number of hydrogen-bond acceptors (Lipinski definition) is 10. The van der Waals surface area contributed by atoms with E-state index in [-0.39, 0.29) is 39.5 Å². The van der Waals surface area contributed by atoms with Crippen molar-refractivity contribution in [2.45, 2.75) is 126 Å². The van der Waals surface area contributed by atoms with Gasteiger partial charge in [-0.05, 0) is 132 Å². The Labute approximate surface area is 444 Å². The van der Waals surface area contributed by atoms with Crippen LogP contribution in [0.3, 0.4) is 0 Å². The summed E-state index contributed by atoms with van der Waals surface area (Å²) in [6, 6.07) is 6.75. The summed E-state index contributed by atoms with van der Waals surface area (Å²) in [5.41, 5.74) is 7.44. The topological polar surface area (TPSA) is 275 Å². The Bertz CT molecular complexity index is 3940. The Kier molecular flexibility index (Phi) is 12.9. The van der Waals surface area contributed by atoms with Crippen molar-refractivity contribution in [2.75, 3.05) is 0 Å². The quantitative estimate of drug-likeness (QED) is 0.0789. The second kappa shape index (κ2) is 17.9. The number of hydrogen-bond donors (Lipinski definition) is 6. The van der Waals surface area contributed by atoms with Crippen molar-refractivity contribution in [3.63, 3.8) is 0 Å². The van der Waals surface area contributed by atoms with E-state index in [1.807, 2.05) is 6.08 Å². The van der Waals surface area contributed by atoms with Gasteiger partial charge in [-0.3, -0.25) is 18.2 Å². The molecule has 20 heteroatoms. The number of nitrogens with zero attached hydrogens (tertiary/aromatic N) is 2. The molecule has 6 N–H and O–H groups in total. The van der Waals surface area contributed by atoms with Crippen LogP contribution in [0.2, 0.25) is 0 Å². The van der Waals surface area contributed by atoms with Crippen molar-refractivity contribution in [2.24, 2.45) is 0 Å². The summed E-state index contributed by atoms with van der Waals surface area (Å²) in [6.07, 6.45) is 19.6. The van der Waals surface area contributed by atoms with E-state index in [4.69, 9.17) is 9.97 Å². The zero-order valence-corrected chi connectivity index (χ0v) is 47.4. The van der Waals surface area contributed by atoms with Gasteiger partial charge in [0.25, 0.3) is 40.5 Å². The summed E-state index contributed by atoms with van der Waals surface area (Å²) in [4.78, 5) is 17.5. The van der Waals surface area contributed by atoms with Gasteiger partial charge in [0.15, 0.2) is 0 Å². The van der Waals surface area contributed by atoms with Crippen molar-refractivity contribution in [1.29, 1.82) is 0 Å². The van der Waals surface area contributed by atoms with Crippen LogP contribution in [0.25, 0.3) is 46.4 Å². The molecule has 0 spiro atoms. The maximum Gasteiger partial charge on any atom is 0.274 e. The molecular weight excluding hydrogens is 1050 g/mol. The lowest BCUT2D eigenvalue weighted by atomic mass is 9.75. The standard InChI is InChI=1S/C56H62N4O12S4/c1-29-21-33(5)49(53(9,25-29)73(61,62)63)45-37-13-15-39(57-37)46(50-34(6)22-30(2)26-54(50,10)74(64,65)66)41-17-19-43(59-41)48(52-36(8)24-32(4)28-56(52,12)76(70,71)72)44-20-18-42(60-44)47(40-16-14-38(45)58-40)51-35(7)23-31(3)27-55(51,11)75(67,68)69/h13-28,49-52,57-58H,1-12H3,(H,61,62,63)(H,64,65,66)(H,67,68,69)(H,70,71,72). The number of rotatable bonds is 8. The molecule has 6 aliphatic rings. The minimum absolute atomic E-state index is 0.175. The Hall–Kier alpha value is -5.84. The smallest absolute Gasteiger partial charge is 0.274 e. The average Bonchev–Trinajstić information content (AvgIpc) is 4.10. The van der Waals surface area contributed by atoms with E-state index in [1.165, 1.54) is 52.0 Å². The fraction of sp³-hybridized carbons (Fsp3) is 0.357. The molecule has 76 heavy (non-hydrogen) atoms. The highest BCUT2D eigenvalue weighted by Gasteiger charge is 2.53. The van der Waals surface area contributed by atoms with Crippen LogP contribution in [0.4, 0.5) is 0 Å². The largest absolute Gasteiger partial charge is 0.355 e. The molecule has 9 rings (SSSR count). The van der Waals surface area contributed by atoms with Gasteiger partial charge in [0.1, 0.15) is 19.0 Å². The monoisotopic (exact) mass is 1110 g/mol. The van der Waals surface area contributed by atoms with Crippen LogP contribution in [0.15, 0.2) is 117 Å². The number of aromatic nitrogens is 4. The van der Waals surface area contributed by atoms with E-state index in [0.29, 0.717) is 72.2 Å². The highest BCUT2D eigenvalue weighted by Crippen LogP contribution is 2.53. The average molecular weight is 1110 g/mol. The predicted octanol–water partition coefficient (Wildman–Crippen LogP) is 11.2. The minimum atomic E-state index is -4.95. The second-order valence-corrected chi connectivity index (χ2v) is 29.5. The fourth-order valence-electron chi connectivity index (χ4n) is 13.3. The van der Waals surface area contributed by atoms with Gasteiger partial charge < -0.3 is 9.97 Å². The van der Waals surface area contributed by atoms with Crippen LogP contribution in [0.5, 0.6) is 0 Å². The molecule has 0 saturated carbocycles. The number of nitrogens with one attached hydrogen (secondary N) is 2. The van der Waals surface area contributed by atoms with Crippen LogP contribution in [0, 0.1) is 0 Å². The number of allylic oxidation sites excluding steroid dienone is 12. The molecule has 2 aliphatic heterocycles. The molecule has 3 aromatic heterocycles. The molecule has 5 heterocycles. The summed E-state index contributed by atoms with van der Waals surface area (Å²) in [6.45, 7) is 19.4. The molecule has 4 aliphatic carbocycles. The van der Waals surface area contributed by atoms with Gasteiger partial charge in [0.2, 0.25) is 0 Å². The van der Waals surface area contributed by atoms with Crippen molar-refractivity contribution in [3.05, 3.63) is 162 Å². The summed E-state index contributed by atoms with van der Waals surface area (Å²) in [5.74, 6) is -4.61.